The molecule has 4 nitrogen and oxygen atoms in total. The molecule has 1 aromatic heterocycles. The molecule has 1 aliphatic heterocycles. The van der Waals surface area contributed by atoms with Crippen LogP contribution in [0.4, 0.5) is 0 Å². The second-order valence-electron chi connectivity index (χ2n) is 5.87. The Hall–Kier alpha value is -0.970. The summed E-state index contributed by atoms with van der Waals surface area (Å²) in [5, 5.41) is 3.32. The first-order chi connectivity index (χ1) is 9.65. The van der Waals surface area contributed by atoms with Crippen molar-refractivity contribution in [1.82, 2.24) is 15.2 Å². The lowest BCUT2D eigenvalue weighted by Crippen LogP contribution is -2.46. The van der Waals surface area contributed by atoms with E-state index in [1.54, 1.807) is 0 Å². The highest BCUT2D eigenvalue weighted by Crippen LogP contribution is 2.24. The lowest BCUT2D eigenvalue weighted by molar-refractivity contribution is -0.0529. The van der Waals surface area contributed by atoms with Crippen molar-refractivity contribution in [3.05, 3.63) is 29.6 Å². The molecule has 2 heterocycles. The molecule has 0 saturated carbocycles. The molecule has 0 bridgehead atoms. The zero-order chi connectivity index (χ0) is 14.4. The van der Waals surface area contributed by atoms with E-state index in [4.69, 9.17) is 9.72 Å². The number of likely N-dealkylation sites (tertiary alicyclic amines) is 1. The number of hydrogen-bond acceptors (Lipinski definition) is 4. The van der Waals surface area contributed by atoms with Crippen molar-refractivity contribution in [2.75, 3.05) is 26.7 Å². The number of ether oxygens (including phenoxy) is 1. The van der Waals surface area contributed by atoms with Crippen LogP contribution < -0.4 is 5.32 Å². The van der Waals surface area contributed by atoms with Crippen LogP contribution in [0.2, 0.25) is 0 Å². The van der Waals surface area contributed by atoms with Gasteiger partial charge >= 0.3 is 0 Å². The van der Waals surface area contributed by atoms with Crippen LogP contribution in [0.1, 0.15) is 38.1 Å². The van der Waals surface area contributed by atoms with Crippen LogP contribution in [0.25, 0.3) is 0 Å². The molecule has 0 aromatic carbocycles. The molecule has 0 spiro atoms. The Morgan fingerprint density at radius 3 is 2.95 bits per heavy atom. The van der Waals surface area contributed by atoms with E-state index in [-0.39, 0.29) is 5.60 Å². The second-order valence-corrected chi connectivity index (χ2v) is 5.87. The molecule has 0 radical (unpaired) electrons. The van der Waals surface area contributed by atoms with E-state index in [0.717, 1.165) is 50.5 Å². The van der Waals surface area contributed by atoms with E-state index in [1.807, 2.05) is 7.11 Å². The number of rotatable bonds is 6. The standard InChI is InChI=1S/C16H27N3O/c1-4-17-11-14-7-5-8-15(18-14)12-19-10-6-9-16(2,13-19)20-3/h5,7-8,17H,4,6,9-13H2,1-3H3. The van der Waals surface area contributed by atoms with Crippen molar-refractivity contribution in [1.29, 1.82) is 0 Å². The van der Waals surface area contributed by atoms with Gasteiger partial charge in [0.05, 0.1) is 17.0 Å². The Bertz CT molecular complexity index is 424. The van der Waals surface area contributed by atoms with Gasteiger partial charge in [-0.25, -0.2) is 0 Å². The highest BCUT2D eigenvalue weighted by atomic mass is 16.5. The normalized spacial score (nSPS) is 23.9. The number of nitrogens with zero attached hydrogens (tertiary/aromatic N) is 2. The third-order valence-electron chi connectivity index (χ3n) is 4.04. The SMILES string of the molecule is CCNCc1cccc(CN2CCCC(C)(OC)C2)n1. The molecule has 1 unspecified atom stereocenters. The van der Waals surface area contributed by atoms with Gasteiger partial charge < -0.3 is 10.1 Å². The minimum atomic E-state index is -0.000371. The molecule has 0 amide bonds. The summed E-state index contributed by atoms with van der Waals surface area (Å²) < 4.78 is 5.65. The van der Waals surface area contributed by atoms with Gasteiger partial charge in [-0.15, -0.1) is 0 Å². The summed E-state index contributed by atoms with van der Waals surface area (Å²) >= 11 is 0. The quantitative estimate of drug-likeness (QED) is 0.865. The fraction of sp³-hybridized carbons (Fsp3) is 0.688. The fourth-order valence-electron chi connectivity index (χ4n) is 2.81. The Balaban J connectivity index is 1.95. The van der Waals surface area contributed by atoms with Crippen molar-refractivity contribution < 1.29 is 4.74 Å². The van der Waals surface area contributed by atoms with Crippen LogP contribution >= 0.6 is 0 Å². The Morgan fingerprint density at radius 1 is 1.40 bits per heavy atom. The molecular weight excluding hydrogens is 250 g/mol. The monoisotopic (exact) mass is 277 g/mol. The first-order valence-corrected chi connectivity index (χ1v) is 7.58. The van der Waals surface area contributed by atoms with Gasteiger partial charge in [-0.3, -0.25) is 9.88 Å². The van der Waals surface area contributed by atoms with E-state index < -0.39 is 0 Å². The van der Waals surface area contributed by atoms with Crippen LogP contribution in [-0.4, -0.2) is 42.2 Å². The van der Waals surface area contributed by atoms with Crippen molar-refractivity contribution in [2.45, 2.75) is 45.4 Å². The molecule has 1 fully saturated rings. The fourth-order valence-corrected chi connectivity index (χ4v) is 2.81. The average molecular weight is 277 g/mol. The minimum absolute atomic E-state index is 0.000371. The van der Waals surface area contributed by atoms with Crippen LogP contribution in [-0.2, 0) is 17.8 Å². The summed E-state index contributed by atoms with van der Waals surface area (Å²) in [4.78, 5) is 7.18. The maximum absolute atomic E-state index is 5.65. The molecule has 1 saturated heterocycles. The van der Waals surface area contributed by atoms with Gasteiger partial charge in [0.1, 0.15) is 0 Å². The van der Waals surface area contributed by atoms with E-state index in [2.05, 4.69) is 42.3 Å². The Kier molecular flexibility index (Phi) is 5.52. The van der Waals surface area contributed by atoms with Gasteiger partial charge in [0.25, 0.3) is 0 Å². The molecule has 1 N–H and O–H groups in total. The Labute approximate surface area is 122 Å². The summed E-state index contributed by atoms with van der Waals surface area (Å²) in [7, 11) is 1.82. The Morgan fingerprint density at radius 2 is 2.20 bits per heavy atom. The lowest BCUT2D eigenvalue weighted by Gasteiger charge is -2.39. The predicted molar refractivity (Wildman–Crippen MR) is 81.5 cm³/mol. The number of piperidine rings is 1. The van der Waals surface area contributed by atoms with Crippen LogP contribution in [0.5, 0.6) is 0 Å². The number of aromatic nitrogens is 1. The van der Waals surface area contributed by atoms with Gasteiger partial charge in [0, 0.05) is 26.7 Å². The minimum Gasteiger partial charge on any atom is -0.377 e. The van der Waals surface area contributed by atoms with Gasteiger partial charge in [0.2, 0.25) is 0 Å². The van der Waals surface area contributed by atoms with Crippen LogP contribution in [0.15, 0.2) is 18.2 Å². The van der Waals surface area contributed by atoms with Crippen LogP contribution in [0, 0.1) is 0 Å². The number of methoxy groups -OCH3 is 1. The molecular formula is C16H27N3O. The molecule has 1 aliphatic rings. The molecule has 0 aliphatic carbocycles. The molecule has 4 heteroatoms. The van der Waals surface area contributed by atoms with Crippen LogP contribution in [0.3, 0.4) is 0 Å². The zero-order valence-corrected chi connectivity index (χ0v) is 13.0. The molecule has 20 heavy (non-hydrogen) atoms. The molecule has 112 valence electrons. The number of hydrogen-bond donors (Lipinski definition) is 1. The third-order valence-corrected chi connectivity index (χ3v) is 4.04. The first-order valence-electron chi connectivity index (χ1n) is 7.58. The first kappa shape index (κ1) is 15.4. The summed E-state index contributed by atoms with van der Waals surface area (Å²) in [6, 6.07) is 6.31. The summed E-state index contributed by atoms with van der Waals surface area (Å²) in [5.74, 6) is 0. The third kappa shape index (κ3) is 4.27. The number of nitrogens with one attached hydrogen (secondary N) is 1. The predicted octanol–water partition coefficient (Wildman–Crippen LogP) is 2.19. The topological polar surface area (TPSA) is 37.4 Å². The van der Waals surface area contributed by atoms with Crippen molar-refractivity contribution in [2.24, 2.45) is 0 Å². The van der Waals surface area contributed by atoms with Crippen molar-refractivity contribution >= 4 is 0 Å². The van der Waals surface area contributed by atoms with Crippen molar-refractivity contribution in [3.63, 3.8) is 0 Å². The van der Waals surface area contributed by atoms with E-state index in [9.17, 15) is 0 Å². The highest BCUT2D eigenvalue weighted by molar-refractivity contribution is 5.11. The maximum Gasteiger partial charge on any atom is 0.0777 e. The number of pyridine rings is 1. The van der Waals surface area contributed by atoms with E-state index in [0.29, 0.717) is 0 Å². The van der Waals surface area contributed by atoms with Gasteiger partial charge in [-0.1, -0.05) is 13.0 Å². The van der Waals surface area contributed by atoms with Gasteiger partial charge in [-0.2, -0.15) is 0 Å². The van der Waals surface area contributed by atoms with E-state index in [1.165, 1.54) is 6.42 Å². The maximum atomic E-state index is 5.65. The van der Waals surface area contributed by atoms with Crippen molar-refractivity contribution in [3.8, 4) is 0 Å². The lowest BCUT2D eigenvalue weighted by atomic mass is 9.94. The largest absolute Gasteiger partial charge is 0.377 e. The molecule has 1 aromatic rings. The summed E-state index contributed by atoms with van der Waals surface area (Å²) in [6.07, 6.45) is 2.34. The highest BCUT2D eigenvalue weighted by Gasteiger charge is 2.30. The smallest absolute Gasteiger partial charge is 0.0777 e. The summed E-state index contributed by atoms with van der Waals surface area (Å²) in [6.45, 7) is 9.18. The second kappa shape index (κ2) is 7.16. The van der Waals surface area contributed by atoms with E-state index >= 15 is 0 Å². The van der Waals surface area contributed by atoms with Gasteiger partial charge in [-0.05, 0) is 45.0 Å². The molecule has 1 atom stereocenters. The van der Waals surface area contributed by atoms with Gasteiger partial charge in [0.15, 0.2) is 0 Å². The summed E-state index contributed by atoms with van der Waals surface area (Å²) in [5.41, 5.74) is 2.27. The average Bonchev–Trinajstić information content (AvgIpc) is 2.46. The zero-order valence-electron chi connectivity index (χ0n) is 13.0. The molecule has 2 rings (SSSR count).